The molecule has 58 valence electrons. The molecule has 0 spiro atoms. The topological polar surface area (TPSA) is 27.3 Å². The van der Waals surface area contributed by atoms with Gasteiger partial charge >= 0.3 is 0 Å². The van der Waals surface area contributed by atoms with Crippen molar-refractivity contribution in [3.63, 3.8) is 0 Å². The summed E-state index contributed by atoms with van der Waals surface area (Å²) < 4.78 is 2.32. The zero-order valence-corrected chi connectivity index (χ0v) is 7.28. The highest BCUT2D eigenvalue weighted by molar-refractivity contribution is 6.47. The second-order valence-corrected chi connectivity index (χ2v) is 2.42. The number of rotatable bonds is 6. The van der Waals surface area contributed by atoms with Gasteiger partial charge in [-0.2, -0.15) is 0 Å². The van der Waals surface area contributed by atoms with E-state index in [1.165, 1.54) is 6.42 Å². The van der Waals surface area contributed by atoms with Gasteiger partial charge in [0, 0.05) is 0 Å². The van der Waals surface area contributed by atoms with Crippen molar-refractivity contribution >= 4 is 15.1 Å². The quantitative estimate of drug-likeness (QED) is 0.448. The molecule has 0 aliphatic heterocycles. The molecule has 0 unspecified atom stereocenters. The lowest BCUT2D eigenvalue weighted by Crippen LogP contribution is -2.44. The molecule has 0 aliphatic rings. The third-order valence-corrected chi connectivity index (χ3v) is 1.30. The Bertz CT molecular complexity index is 57.6. The maximum Gasteiger partial charge on any atom is 0.278 e. The van der Waals surface area contributed by atoms with E-state index in [-0.39, 0.29) is 0 Å². The Labute approximate surface area is 65.1 Å². The van der Waals surface area contributed by atoms with Crippen LogP contribution in [-0.2, 0) is 0 Å². The zero-order chi connectivity index (χ0) is 7.82. The Morgan fingerprint density at radius 1 is 1.20 bits per heavy atom. The lowest BCUT2D eigenvalue weighted by Gasteiger charge is -2.17. The van der Waals surface area contributed by atoms with Gasteiger partial charge in [-0.15, -0.1) is 0 Å². The molecule has 0 aromatic heterocycles. The zero-order valence-electron chi connectivity index (χ0n) is 7.28. The van der Waals surface area contributed by atoms with Crippen molar-refractivity contribution in [2.24, 2.45) is 0 Å². The summed E-state index contributed by atoms with van der Waals surface area (Å²) >= 11 is 0. The predicted octanol–water partition coefficient (Wildman–Crippen LogP) is -1.33. The molecule has 10 heavy (non-hydrogen) atoms. The molecule has 0 aromatic carbocycles. The van der Waals surface area contributed by atoms with Gasteiger partial charge in [0.15, 0.2) is 0 Å². The van der Waals surface area contributed by atoms with Gasteiger partial charge < -0.3 is 15.2 Å². The smallest absolute Gasteiger partial charge is 0.278 e. The molecular weight excluding hydrogens is 124 g/mol. The van der Waals surface area contributed by atoms with E-state index in [1.54, 1.807) is 0 Å². The fourth-order valence-electron chi connectivity index (χ4n) is 0.977. The number of nitrogens with zero attached hydrogens (tertiary/aromatic N) is 1. The summed E-state index contributed by atoms with van der Waals surface area (Å²) in [6, 6.07) is 0. The SMILES string of the molecule is CCCN(BNC)BNC. The van der Waals surface area contributed by atoms with Crippen molar-refractivity contribution in [2.75, 3.05) is 20.6 Å². The number of nitrogens with one attached hydrogen (secondary N) is 2. The molecule has 0 atom stereocenters. The molecule has 0 radical (unpaired) electrons. The first-order valence-electron chi connectivity index (χ1n) is 3.86. The van der Waals surface area contributed by atoms with Crippen LogP contribution < -0.4 is 10.5 Å². The Balaban J connectivity index is 3.30. The Kier molecular flexibility index (Phi) is 7.13. The van der Waals surface area contributed by atoms with Crippen LogP contribution in [0.1, 0.15) is 13.3 Å². The van der Waals surface area contributed by atoms with Crippen LogP contribution in [0.25, 0.3) is 0 Å². The average molecular weight is 141 g/mol. The lowest BCUT2D eigenvalue weighted by molar-refractivity contribution is 0.633. The maximum atomic E-state index is 3.12. The van der Waals surface area contributed by atoms with Gasteiger partial charge in [0.25, 0.3) is 15.1 Å². The van der Waals surface area contributed by atoms with E-state index in [4.69, 9.17) is 0 Å². The monoisotopic (exact) mass is 141 g/mol. The first-order valence-corrected chi connectivity index (χ1v) is 3.86. The van der Waals surface area contributed by atoms with Gasteiger partial charge in [-0.25, -0.2) is 0 Å². The minimum Gasteiger partial charge on any atom is -0.362 e. The summed E-state index contributed by atoms with van der Waals surface area (Å²) in [6.07, 6.45) is 1.21. The van der Waals surface area contributed by atoms with Gasteiger partial charge in [0.1, 0.15) is 0 Å². The highest BCUT2D eigenvalue weighted by atomic mass is 15.1. The van der Waals surface area contributed by atoms with Crippen LogP contribution in [0.5, 0.6) is 0 Å². The number of hydrogen-bond donors (Lipinski definition) is 2. The van der Waals surface area contributed by atoms with Crippen molar-refractivity contribution in [2.45, 2.75) is 13.3 Å². The van der Waals surface area contributed by atoms with Gasteiger partial charge in [0.05, 0.1) is 0 Å². The van der Waals surface area contributed by atoms with Crippen molar-refractivity contribution < 1.29 is 0 Å². The first kappa shape index (κ1) is 10.0. The molecular formula is C5H17B2N3. The molecule has 0 aliphatic carbocycles. The molecule has 2 N–H and O–H groups in total. The maximum absolute atomic E-state index is 3.12. The summed E-state index contributed by atoms with van der Waals surface area (Å²) in [5.74, 6) is 0. The van der Waals surface area contributed by atoms with Gasteiger partial charge in [0.2, 0.25) is 0 Å². The molecule has 0 saturated heterocycles. The number of hydrogen-bond acceptors (Lipinski definition) is 3. The van der Waals surface area contributed by atoms with Crippen molar-refractivity contribution in [3.8, 4) is 0 Å². The second-order valence-electron chi connectivity index (χ2n) is 2.42. The van der Waals surface area contributed by atoms with Crippen molar-refractivity contribution in [1.29, 1.82) is 0 Å². The molecule has 0 saturated carbocycles. The predicted molar refractivity (Wildman–Crippen MR) is 49.4 cm³/mol. The van der Waals surface area contributed by atoms with Gasteiger partial charge in [-0.1, -0.05) is 6.92 Å². The summed E-state index contributed by atoms with van der Waals surface area (Å²) in [4.78, 5) is 0. The van der Waals surface area contributed by atoms with E-state index < -0.39 is 0 Å². The van der Waals surface area contributed by atoms with Crippen LogP contribution in [0.3, 0.4) is 0 Å². The molecule has 0 amide bonds. The second kappa shape index (κ2) is 7.12. The van der Waals surface area contributed by atoms with Crippen LogP contribution in [0.15, 0.2) is 0 Å². The van der Waals surface area contributed by atoms with E-state index in [0.29, 0.717) is 0 Å². The molecule has 5 heteroatoms. The van der Waals surface area contributed by atoms with Crippen LogP contribution in [0, 0.1) is 0 Å². The highest BCUT2D eigenvalue weighted by Crippen LogP contribution is 1.81. The Hall–Kier alpha value is 0.00987. The summed E-state index contributed by atoms with van der Waals surface area (Å²) in [5.41, 5.74) is 0. The fraction of sp³-hybridized carbons (Fsp3) is 1.00. The van der Waals surface area contributed by atoms with E-state index in [2.05, 4.69) is 22.1 Å². The molecule has 0 bridgehead atoms. The van der Waals surface area contributed by atoms with Gasteiger partial charge in [-0.3, -0.25) is 0 Å². The largest absolute Gasteiger partial charge is 0.362 e. The third kappa shape index (κ3) is 4.85. The minimum atomic E-state index is 0.967. The van der Waals surface area contributed by atoms with Gasteiger partial charge in [-0.05, 0) is 27.1 Å². The third-order valence-electron chi connectivity index (χ3n) is 1.30. The average Bonchev–Trinajstić information content (AvgIpc) is 1.90. The van der Waals surface area contributed by atoms with E-state index in [0.717, 1.165) is 21.6 Å². The summed E-state index contributed by atoms with van der Waals surface area (Å²) in [7, 11) is 5.88. The molecule has 0 fully saturated rings. The summed E-state index contributed by atoms with van der Waals surface area (Å²) in [5, 5.41) is 6.25. The molecule has 0 rings (SSSR count). The minimum absolute atomic E-state index is 0.967. The van der Waals surface area contributed by atoms with E-state index >= 15 is 0 Å². The standard InChI is InChI=1S/C5H17B2N3/c1-4-5-10(6-8-2)7-9-3/h6-9H,4-5H2,1-3H3. The molecule has 0 heterocycles. The van der Waals surface area contributed by atoms with Crippen LogP contribution in [0.4, 0.5) is 0 Å². The molecule has 0 aromatic rings. The van der Waals surface area contributed by atoms with E-state index in [9.17, 15) is 0 Å². The van der Waals surface area contributed by atoms with E-state index in [1.807, 2.05) is 14.1 Å². The molecule has 3 nitrogen and oxygen atoms in total. The summed E-state index contributed by atoms with van der Waals surface area (Å²) in [6.45, 7) is 3.35. The lowest BCUT2D eigenvalue weighted by atomic mass is 9.94. The highest BCUT2D eigenvalue weighted by Gasteiger charge is 2.02. The fourth-order valence-corrected chi connectivity index (χ4v) is 0.977. The van der Waals surface area contributed by atoms with Crippen molar-refractivity contribution in [3.05, 3.63) is 0 Å². The van der Waals surface area contributed by atoms with Crippen LogP contribution in [-0.4, -0.2) is 40.5 Å². The first-order chi connectivity index (χ1) is 4.85. The normalized spacial score (nSPS) is 10.0. The Morgan fingerprint density at radius 3 is 2.00 bits per heavy atom. The van der Waals surface area contributed by atoms with Crippen LogP contribution in [0.2, 0.25) is 0 Å². The van der Waals surface area contributed by atoms with Crippen LogP contribution >= 0.6 is 0 Å². The van der Waals surface area contributed by atoms with Crippen molar-refractivity contribution in [1.82, 2.24) is 15.2 Å². The Morgan fingerprint density at radius 2 is 1.70 bits per heavy atom.